The van der Waals surface area contributed by atoms with Crippen LogP contribution in [0.4, 0.5) is 5.69 Å². The van der Waals surface area contributed by atoms with Crippen molar-refractivity contribution in [3.05, 3.63) is 94.0 Å². The number of carbonyl (C=O) groups is 2. The second-order valence-electron chi connectivity index (χ2n) is 8.47. The predicted octanol–water partition coefficient (Wildman–Crippen LogP) is 5.05. The first-order chi connectivity index (χ1) is 17.6. The predicted molar refractivity (Wildman–Crippen MR) is 147 cm³/mol. The molecule has 7 nitrogen and oxygen atoms in total. The zero-order chi connectivity index (χ0) is 27.2. The lowest BCUT2D eigenvalue weighted by Crippen LogP contribution is -2.51. The molecule has 37 heavy (non-hydrogen) atoms. The number of nitrogens with one attached hydrogen (secondary N) is 1. The zero-order valence-electron chi connectivity index (χ0n) is 20.8. The fourth-order valence-corrected chi connectivity index (χ4v) is 5.70. The van der Waals surface area contributed by atoms with Gasteiger partial charge in [0.1, 0.15) is 12.6 Å². The van der Waals surface area contributed by atoms with Gasteiger partial charge in [0.25, 0.3) is 10.0 Å². The molecule has 196 valence electrons. The third-order valence-electron chi connectivity index (χ3n) is 5.87. The maximum absolute atomic E-state index is 13.8. The van der Waals surface area contributed by atoms with E-state index >= 15 is 0 Å². The van der Waals surface area contributed by atoms with Crippen LogP contribution in [0.3, 0.4) is 0 Å². The van der Waals surface area contributed by atoms with E-state index in [1.807, 2.05) is 13.0 Å². The van der Waals surface area contributed by atoms with Gasteiger partial charge in [0, 0.05) is 13.6 Å². The molecule has 10 heteroatoms. The number of carbonyl (C=O) groups excluding carboxylic acids is 2. The first kappa shape index (κ1) is 28.5. The van der Waals surface area contributed by atoms with Crippen molar-refractivity contribution in [3.8, 4) is 0 Å². The topological polar surface area (TPSA) is 86.8 Å². The van der Waals surface area contributed by atoms with Gasteiger partial charge in [0.15, 0.2) is 0 Å². The van der Waals surface area contributed by atoms with E-state index in [1.54, 1.807) is 61.5 Å². The fraction of sp³-hybridized carbons (Fsp3) is 0.259. The van der Waals surface area contributed by atoms with Gasteiger partial charge in [-0.1, -0.05) is 66.5 Å². The van der Waals surface area contributed by atoms with E-state index in [0.29, 0.717) is 27.7 Å². The number of rotatable bonds is 10. The largest absolute Gasteiger partial charge is 0.357 e. The molecule has 0 heterocycles. The van der Waals surface area contributed by atoms with Gasteiger partial charge in [0.05, 0.1) is 20.6 Å². The maximum Gasteiger partial charge on any atom is 0.264 e. The van der Waals surface area contributed by atoms with E-state index in [4.69, 9.17) is 23.2 Å². The number of amides is 2. The SMILES string of the molecule is CC[C@H](C(=O)NC)N(Cc1ccc(Cl)c(Cl)c1)C(=O)CN(c1cccc(C)c1)S(=O)(=O)c1ccccc1. The lowest BCUT2D eigenvalue weighted by atomic mass is 10.1. The second-order valence-corrected chi connectivity index (χ2v) is 11.1. The number of nitrogens with zero attached hydrogens (tertiary/aromatic N) is 2. The van der Waals surface area contributed by atoms with Crippen molar-refractivity contribution < 1.29 is 18.0 Å². The monoisotopic (exact) mass is 561 g/mol. The van der Waals surface area contributed by atoms with Gasteiger partial charge in [-0.05, 0) is 60.9 Å². The number of aryl methyl sites for hydroxylation is 1. The molecular formula is C27H29Cl2N3O4S. The van der Waals surface area contributed by atoms with Crippen LogP contribution < -0.4 is 9.62 Å². The van der Waals surface area contributed by atoms with Crippen LogP contribution in [-0.4, -0.2) is 44.8 Å². The highest BCUT2D eigenvalue weighted by atomic mass is 35.5. The zero-order valence-corrected chi connectivity index (χ0v) is 23.1. The van der Waals surface area contributed by atoms with Crippen molar-refractivity contribution in [2.24, 2.45) is 0 Å². The highest BCUT2D eigenvalue weighted by Crippen LogP contribution is 2.27. The first-order valence-corrected chi connectivity index (χ1v) is 13.9. The molecule has 0 bridgehead atoms. The summed E-state index contributed by atoms with van der Waals surface area (Å²) in [6.07, 6.45) is 0.322. The first-order valence-electron chi connectivity index (χ1n) is 11.7. The summed E-state index contributed by atoms with van der Waals surface area (Å²) in [5.41, 5.74) is 1.83. The van der Waals surface area contributed by atoms with Crippen molar-refractivity contribution in [2.45, 2.75) is 37.8 Å². The van der Waals surface area contributed by atoms with Gasteiger partial charge < -0.3 is 10.2 Å². The van der Waals surface area contributed by atoms with Crippen LogP contribution >= 0.6 is 23.2 Å². The van der Waals surface area contributed by atoms with E-state index in [9.17, 15) is 18.0 Å². The van der Waals surface area contributed by atoms with Crippen LogP contribution in [0.1, 0.15) is 24.5 Å². The molecular weight excluding hydrogens is 533 g/mol. The normalized spacial score (nSPS) is 12.0. The molecule has 0 saturated carbocycles. The van der Waals surface area contributed by atoms with E-state index in [0.717, 1.165) is 9.87 Å². The highest BCUT2D eigenvalue weighted by molar-refractivity contribution is 7.92. The van der Waals surface area contributed by atoms with Crippen molar-refractivity contribution >= 4 is 50.7 Å². The lowest BCUT2D eigenvalue weighted by molar-refractivity contribution is -0.140. The number of halogens is 2. The molecule has 0 saturated heterocycles. The number of benzene rings is 3. The summed E-state index contributed by atoms with van der Waals surface area (Å²) in [6.45, 7) is 3.16. The molecule has 3 aromatic rings. The quantitative estimate of drug-likeness (QED) is 0.375. The van der Waals surface area contributed by atoms with Crippen LogP contribution in [-0.2, 0) is 26.2 Å². The lowest BCUT2D eigenvalue weighted by Gasteiger charge is -2.33. The fourth-order valence-electron chi connectivity index (χ4n) is 3.95. The average molecular weight is 563 g/mol. The number of likely N-dealkylation sites (N-methyl/N-ethyl adjacent to an activating group) is 1. The molecule has 0 unspecified atom stereocenters. The molecule has 0 aromatic heterocycles. The molecule has 0 fully saturated rings. The minimum atomic E-state index is -4.10. The van der Waals surface area contributed by atoms with Crippen LogP contribution in [0.15, 0.2) is 77.7 Å². The number of hydrogen-bond donors (Lipinski definition) is 1. The number of sulfonamides is 1. The van der Waals surface area contributed by atoms with Crippen LogP contribution in [0.5, 0.6) is 0 Å². The minimum absolute atomic E-state index is 0.0364. The minimum Gasteiger partial charge on any atom is -0.357 e. The van der Waals surface area contributed by atoms with Crippen molar-refractivity contribution in [1.82, 2.24) is 10.2 Å². The Labute approximate surface area is 228 Å². The molecule has 0 spiro atoms. The third kappa shape index (κ3) is 6.83. The third-order valence-corrected chi connectivity index (χ3v) is 8.40. The highest BCUT2D eigenvalue weighted by Gasteiger charge is 2.33. The summed E-state index contributed by atoms with van der Waals surface area (Å²) in [4.78, 5) is 28.0. The van der Waals surface area contributed by atoms with Gasteiger partial charge >= 0.3 is 0 Å². The Morgan fingerprint density at radius 3 is 2.24 bits per heavy atom. The number of hydrogen-bond acceptors (Lipinski definition) is 4. The average Bonchev–Trinajstić information content (AvgIpc) is 2.89. The standard InChI is InChI=1S/C27H29Cl2N3O4S/c1-4-25(27(34)30-3)31(17-20-13-14-23(28)24(29)16-20)26(33)18-32(21-10-8-9-19(2)15-21)37(35,36)22-11-6-5-7-12-22/h5-16,25H,4,17-18H2,1-3H3,(H,30,34)/t25-/m1/s1. The van der Waals surface area contributed by atoms with Gasteiger partial charge in [-0.25, -0.2) is 8.42 Å². The number of anilines is 1. The van der Waals surface area contributed by atoms with E-state index in [-0.39, 0.29) is 17.3 Å². The van der Waals surface area contributed by atoms with Gasteiger partial charge in [0.2, 0.25) is 11.8 Å². The molecule has 3 rings (SSSR count). The molecule has 0 aliphatic rings. The molecule has 1 N–H and O–H groups in total. The Morgan fingerprint density at radius 2 is 1.65 bits per heavy atom. The van der Waals surface area contributed by atoms with E-state index in [1.165, 1.54) is 24.1 Å². The maximum atomic E-state index is 13.8. The second kappa shape index (κ2) is 12.4. The van der Waals surface area contributed by atoms with Crippen molar-refractivity contribution in [1.29, 1.82) is 0 Å². The van der Waals surface area contributed by atoms with Crippen molar-refractivity contribution in [2.75, 3.05) is 17.9 Å². The van der Waals surface area contributed by atoms with Crippen LogP contribution in [0.2, 0.25) is 10.0 Å². The molecule has 3 aromatic carbocycles. The van der Waals surface area contributed by atoms with Gasteiger partial charge in [-0.2, -0.15) is 0 Å². The molecule has 0 aliphatic heterocycles. The Morgan fingerprint density at radius 1 is 0.946 bits per heavy atom. The van der Waals surface area contributed by atoms with Gasteiger partial charge in [-0.15, -0.1) is 0 Å². The Kier molecular flexibility index (Phi) is 9.59. The van der Waals surface area contributed by atoms with E-state index in [2.05, 4.69) is 5.32 Å². The van der Waals surface area contributed by atoms with Crippen molar-refractivity contribution in [3.63, 3.8) is 0 Å². The molecule has 0 aliphatic carbocycles. The summed E-state index contributed by atoms with van der Waals surface area (Å²) < 4.78 is 28.5. The van der Waals surface area contributed by atoms with E-state index < -0.39 is 28.5 Å². The summed E-state index contributed by atoms with van der Waals surface area (Å²) >= 11 is 12.2. The molecule has 2 amide bonds. The summed E-state index contributed by atoms with van der Waals surface area (Å²) in [5.74, 6) is -0.897. The Balaban J connectivity index is 2.06. The molecule has 0 radical (unpaired) electrons. The van der Waals surface area contributed by atoms with Crippen LogP contribution in [0.25, 0.3) is 0 Å². The smallest absolute Gasteiger partial charge is 0.264 e. The Bertz CT molecular complexity index is 1370. The Hall–Kier alpha value is -3.07. The summed E-state index contributed by atoms with van der Waals surface area (Å²) in [6, 6.07) is 19.0. The summed E-state index contributed by atoms with van der Waals surface area (Å²) in [5, 5.41) is 3.27. The van der Waals surface area contributed by atoms with Gasteiger partial charge in [-0.3, -0.25) is 13.9 Å². The molecule has 1 atom stereocenters. The van der Waals surface area contributed by atoms with Crippen LogP contribution in [0, 0.1) is 6.92 Å². The summed E-state index contributed by atoms with van der Waals surface area (Å²) in [7, 11) is -2.60.